The van der Waals surface area contributed by atoms with Crippen molar-refractivity contribution in [2.45, 2.75) is 19.3 Å². The van der Waals surface area contributed by atoms with E-state index >= 15 is 0 Å². The van der Waals surface area contributed by atoms with Crippen molar-refractivity contribution < 1.29 is 9.52 Å². The van der Waals surface area contributed by atoms with E-state index in [9.17, 15) is 0 Å². The van der Waals surface area contributed by atoms with Gasteiger partial charge in [0, 0.05) is 12.3 Å². The molecule has 0 bridgehead atoms. The summed E-state index contributed by atoms with van der Waals surface area (Å²) in [5.41, 5.74) is 1.99. The van der Waals surface area contributed by atoms with E-state index in [4.69, 9.17) is 9.52 Å². The van der Waals surface area contributed by atoms with E-state index in [0.29, 0.717) is 12.3 Å². The molecule has 3 nitrogen and oxygen atoms in total. The summed E-state index contributed by atoms with van der Waals surface area (Å²) in [5, 5.41) is 9.01. The van der Waals surface area contributed by atoms with Crippen molar-refractivity contribution >= 4 is 0 Å². The van der Waals surface area contributed by atoms with Gasteiger partial charge in [0.25, 0.3) is 0 Å². The van der Waals surface area contributed by atoms with Crippen LogP contribution in [0, 0.1) is 0 Å². The van der Waals surface area contributed by atoms with Gasteiger partial charge in [0.1, 0.15) is 6.26 Å². The number of hydrogen-bond acceptors (Lipinski definition) is 3. The molecule has 0 spiro atoms. The molecule has 1 unspecified atom stereocenters. The second-order valence-corrected chi connectivity index (χ2v) is 3.91. The molecule has 1 aromatic carbocycles. The van der Waals surface area contributed by atoms with Gasteiger partial charge in [0.15, 0.2) is 5.89 Å². The van der Waals surface area contributed by atoms with E-state index in [1.165, 1.54) is 5.56 Å². The second kappa shape index (κ2) is 4.94. The highest BCUT2D eigenvalue weighted by Crippen LogP contribution is 2.15. The molecular weight excluding hydrogens is 202 g/mol. The maximum Gasteiger partial charge on any atom is 0.198 e. The van der Waals surface area contributed by atoms with Gasteiger partial charge in [-0.3, -0.25) is 0 Å². The zero-order valence-corrected chi connectivity index (χ0v) is 9.26. The number of aromatic nitrogens is 1. The topological polar surface area (TPSA) is 46.3 Å². The number of rotatable bonds is 4. The fourth-order valence-electron chi connectivity index (χ4n) is 1.50. The van der Waals surface area contributed by atoms with E-state index in [2.05, 4.69) is 4.98 Å². The third-order valence-corrected chi connectivity index (χ3v) is 2.55. The van der Waals surface area contributed by atoms with Crippen LogP contribution >= 0.6 is 0 Å². The third kappa shape index (κ3) is 2.49. The van der Waals surface area contributed by atoms with Crippen LogP contribution in [0.5, 0.6) is 0 Å². The van der Waals surface area contributed by atoms with Crippen LogP contribution in [0.15, 0.2) is 41.0 Å². The number of hydrogen-bond donors (Lipinski definition) is 1. The molecule has 0 aliphatic heterocycles. The Morgan fingerprint density at radius 1 is 1.31 bits per heavy atom. The molecule has 1 atom stereocenters. The number of aliphatic hydroxyl groups is 1. The second-order valence-electron chi connectivity index (χ2n) is 3.91. The van der Waals surface area contributed by atoms with E-state index in [0.717, 1.165) is 5.69 Å². The smallest absolute Gasteiger partial charge is 0.198 e. The van der Waals surface area contributed by atoms with E-state index < -0.39 is 0 Å². The van der Waals surface area contributed by atoms with Gasteiger partial charge in [-0.2, -0.15) is 0 Å². The lowest BCUT2D eigenvalue weighted by molar-refractivity contribution is 0.271. The van der Waals surface area contributed by atoms with Crippen molar-refractivity contribution in [2.24, 2.45) is 0 Å². The molecule has 1 heterocycles. The first-order chi connectivity index (χ1) is 7.79. The lowest BCUT2D eigenvalue weighted by atomic mass is 10.1. The largest absolute Gasteiger partial charge is 0.448 e. The Bertz CT molecular complexity index is 436. The molecule has 0 saturated heterocycles. The molecule has 0 fully saturated rings. The fourth-order valence-corrected chi connectivity index (χ4v) is 1.50. The highest BCUT2D eigenvalue weighted by atomic mass is 16.3. The van der Waals surface area contributed by atoms with E-state index in [1.807, 2.05) is 37.3 Å². The Labute approximate surface area is 94.8 Å². The highest BCUT2D eigenvalue weighted by Gasteiger charge is 2.10. The SMILES string of the molecule is CC(CO)c1coc(Cc2ccccc2)n1. The summed E-state index contributed by atoms with van der Waals surface area (Å²) in [4.78, 5) is 4.35. The van der Waals surface area contributed by atoms with Crippen LogP contribution in [0.2, 0.25) is 0 Å². The Morgan fingerprint density at radius 2 is 2.06 bits per heavy atom. The van der Waals surface area contributed by atoms with Crippen LogP contribution in [-0.4, -0.2) is 16.7 Å². The van der Waals surface area contributed by atoms with Crippen molar-refractivity contribution in [1.82, 2.24) is 4.98 Å². The average molecular weight is 217 g/mol. The summed E-state index contributed by atoms with van der Waals surface area (Å²) in [6.45, 7) is 2.02. The molecule has 2 aromatic rings. The van der Waals surface area contributed by atoms with Crippen LogP contribution in [-0.2, 0) is 6.42 Å². The van der Waals surface area contributed by atoms with E-state index in [-0.39, 0.29) is 12.5 Å². The minimum absolute atomic E-state index is 0.0354. The van der Waals surface area contributed by atoms with Gasteiger partial charge in [0.05, 0.1) is 12.3 Å². The zero-order chi connectivity index (χ0) is 11.4. The highest BCUT2D eigenvalue weighted by molar-refractivity contribution is 5.18. The summed E-state index contributed by atoms with van der Waals surface area (Å²) < 4.78 is 5.37. The van der Waals surface area contributed by atoms with Crippen LogP contribution in [0.1, 0.15) is 30.0 Å². The van der Waals surface area contributed by atoms with Gasteiger partial charge < -0.3 is 9.52 Å². The first-order valence-corrected chi connectivity index (χ1v) is 5.38. The first kappa shape index (κ1) is 10.9. The van der Waals surface area contributed by atoms with Gasteiger partial charge in [-0.25, -0.2) is 4.98 Å². The molecule has 0 aliphatic carbocycles. The van der Waals surface area contributed by atoms with Crippen LogP contribution < -0.4 is 0 Å². The van der Waals surface area contributed by atoms with Crippen LogP contribution in [0.3, 0.4) is 0 Å². The molecule has 84 valence electrons. The molecule has 1 N–H and O–H groups in total. The molecule has 0 saturated carbocycles. The van der Waals surface area contributed by atoms with E-state index in [1.54, 1.807) is 6.26 Å². The Morgan fingerprint density at radius 3 is 2.75 bits per heavy atom. The normalized spacial score (nSPS) is 12.6. The maximum absolute atomic E-state index is 9.01. The van der Waals surface area contributed by atoms with Crippen LogP contribution in [0.25, 0.3) is 0 Å². The lowest BCUT2D eigenvalue weighted by Crippen LogP contribution is -1.99. The summed E-state index contributed by atoms with van der Waals surface area (Å²) in [6, 6.07) is 10.1. The van der Waals surface area contributed by atoms with Crippen molar-refractivity contribution in [1.29, 1.82) is 0 Å². The molecule has 1 aromatic heterocycles. The van der Waals surface area contributed by atoms with Crippen molar-refractivity contribution in [3.8, 4) is 0 Å². The Balaban J connectivity index is 2.09. The standard InChI is InChI=1S/C13H15NO2/c1-10(8-15)12-9-16-13(14-12)7-11-5-3-2-4-6-11/h2-6,9-10,15H,7-8H2,1H3. The first-order valence-electron chi connectivity index (χ1n) is 5.38. The van der Waals surface area contributed by atoms with Gasteiger partial charge in [-0.15, -0.1) is 0 Å². The predicted octanol–water partition coefficient (Wildman–Crippen LogP) is 2.36. The molecule has 2 rings (SSSR count). The number of benzene rings is 1. The number of oxazole rings is 1. The number of aliphatic hydroxyl groups excluding tert-OH is 1. The van der Waals surface area contributed by atoms with Crippen LogP contribution in [0.4, 0.5) is 0 Å². The average Bonchev–Trinajstić information content (AvgIpc) is 2.78. The zero-order valence-electron chi connectivity index (χ0n) is 9.26. The Kier molecular flexibility index (Phi) is 3.37. The Hall–Kier alpha value is -1.61. The molecule has 0 radical (unpaired) electrons. The number of nitrogens with zero attached hydrogens (tertiary/aromatic N) is 1. The molecule has 0 amide bonds. The molecule has 16 heavy (non-hydrogen) atoms. The van der Waals surface area contributed by atoms with Crippen molar-refractivity contribution in [3.63, 3.8) is 0 Å². The predicted molar refractivity (Wildman–Crippen MR) is 61.3 cm³/mol. The third-order valence-electron chi connectivity index (χ3n) is 2.55. The lowest BCUT2D eigenvalue weighted by Gasteiger charge is -2.00. The molecule has 0 aliphatic rings. The minimum atomic E-state index is 0.0354. The summed E-state index contributed by atoms with van der Waals surface area (Å²) in [6.07, 6.45) is 2.32. The monoisotopic (exact) mass is 217 g/mol. The van der Waals surface area contributed by atoms with Gasteiger partial charge in [-0.05, 0) is 5.56 Å². The minimum Gasteiger partial charge on any atom is -0.448 e. The summed E-state index contributed by atoms with van der Waals surface area (Å²) in [7, 11) is 0. The van der Waals surface area contributed by atoms with Crippen molar-refractivity contribution in [3.05, 3.63) is 53.7 Å². The quantitative estimate of drug-likeness (QED) is 0.855. The summed E-state index contributed by atoms with van der Waals surface area (Å²) >= 11 is 0. The molecular formula is C13H15NO2. The van der Waals surface area contributed by atoms with Gasteiger partial charge in [0.2, 0.25) is 0 Å². The maximum atomic E-state index is 9.01. The van der Waals surface area contributed by atoms with Gasteiger partial charge in [-0.1, -0.05) is 37.3 Å². The van der Waals surface area contributed by atoms with Gasteiger partial charge >= 0.3 is 0 Å². The summed E-state index contributed by atoms with van der Waals surface area (Å²) in [5.74, 6) is 0.731. The fraction of sp³-hybridized carbons (Fsp3) is 0.308. The molecule has 3 heteroatoms. The van der Waals surface area contributed by atoms with Crippen molar-refractivity contribution in [2.75, 3.05) is 6.61 Å².